The summed E-state index contributed by atoms with van der Waals surface area (Å²) in [5, 5.41) is 14.3. The number of nitrogens with zero attached hydrogens (tertiary/aromatic N) is 5. The number of tetrazole rings is 1. The fourth-order valence-corrected chi connectivity index (χ4v) is 2.30. The number of aromatic nitrogens is 4. The van der Waals surface area contributed by atoms with Gasteiger partial charge in [0, 0.05) is 18.8 Å². The SMILES string of the molecule is NCCn1nnnc1SCCN1C(=O)CNC1=O. The molecule has 1 saturated heterocycles. The lowest BCUT2D eigenvalue weighted by atomic mass is 10.5. The largest absolute Gasteiger partial charge is 0.329 e. The fraction of sp³-hybridized carbons (Fsp3) is 0.625. The number of nitrogens with one attached hydrogen (secondary N) is 1. The van der Waals surface area contributed by atoms with Crippen molar-refractivity contribution in [2.45, 2.75) is 11.7 Å². The molecule has 98 valence electrons. The molecule has 0 aromatic carbocycles. The topological polar surface area (TPSA) is 119 Å². The Morgan fingerprint density at radius 2 is 2.22 bits per heavy atom. The highest BCUT2D eigenvalue weighted by molar-refractivity contribution is 7.99. The molecule has 9 nitrogen and oxygen atoms in total. The number of imide groups is 1. The van der Waals surface area contributed by atoms with E-state index in [1.807, 2.05) is 0 Å². The van der Waals surface area contributed by atoms with E-state index in [4.69, 9.17) is 5.73 Å². The monoisotopic (exact) mass is 271 g/mol. The molecule has 0 bridgehead atoms. The molecule has 2 heterocycles. The number of carbonyl (C=O) groups is 2. The van der Waals surface area contributed by atoms with Crippen molar-refractivity contribution < 1.29 is 9.59 Å². The summed E-state index contributed by atoms with van der Waals surface area (Å²) >= 11 is 1.38. The lowest BCUT2D eigenvalue weighted by molar-refractivity contribution is -0.124. The highest BCUT2D eigenvalue weighted by Gasteiger charge is 2.27. The first-order chi connectivity index (χ1) is 8.72. The van der Waals surface area contributed by atoms with Crippen molar-refractivity contribution in [1.29, 1.82) is 0 Å². The van der Waals surface area contributed by atoms with E-state index >= 15 is 0 Å². The van der Waals surface area contributed by atoms with Gasteiger partial charge in [-0.25, -0.2) is 9.48 Å². The van der Waals surface area contributed by atoms with E-state index in [0.29, 0.717) is 30.5 Å². The lowest BCUT2D eigenvalue weighted by Crippen LogP contribution is -2.32. The maximum Gasteiger partial charge on any atom is 0.324 e. The van der Waals surface area contributed by atoms with Crippen LogP contribution in [-0.2, 0) is 11.3 Å². The number of amides is 3. The first-order valence-electron chi connectivity index (χ1n) is 5.39. The molecular weight excluding hydrogens is 258 g/mol. The van der Waals surface area contributed by atoms with Gasteiger partial charge in [0.05, 0.1) is 13.1 Å². The van der Waals surface area contributed by atoms with Crippen molar-refractivity contribution in [3.63, 3.8) is 0 Å². The number of hydrogen-bond acceptors (Lipinski definition) is 7. The maximum absolute atomic E-state index is 11.3. The molecule has 0 aliphatic carbocycles. The van der Waals surface area contributed by atoms with Gasteiger partial charge in [-0.1, -0.05) is 11.8 Å². The van der Waals surface area contributed by atoms with Crippen LogP contribution in [0.25, 0.3) is 0 Å². The van der Waals surface area contributed by atoms with Crippen LogP contribution in [0.3, 0.4) is 0 Å². The second kappa shape index (κ2) is 5.78. The number of urea groups is 1. The quantitative estimate of drug-likeness (QED) is 0.466. The molecule has 10 heteroatoms. The molecule has 3 amide bonds. The van der Waals surface area contributed by atoms with E-state index in [2.05, 4.69) is 20.8 Å². The Morgan fingerprint density at radius 3 is 2.89 bits per heavy atom. The number of thioether (sulfide) groups is 1. The third kappa shape index (κ3) is 2.76. The summed E-state index contributed by atoms with van der Waals surface area (Å²) in [6.45, 7) is 1.41. The number of nitrogens with two attached hydrogens (primary N) is 1. The highest BCUT2D eigenvalue weighted by atomic mass is 32.2. The molecule has 1 aliphatic rings. The van der Waals surface area contributed by atoms with Gasteiger partial charge in [-0.05, 0) is 10.4 Å². The summed E-state index contributed by atoms with van der Waals surface area (Å²) in [5.74, 6) is 0.339. The van der Waals surface area contributed by atoms with E-state index in [-0.39, 0.29) is 18.5 Å². The van der Waals surface area contributed by atoms with Crippen LogP contribution >= 0.6 is 11.8 Å². The number of carbonyl (C=O) groups excluding carboxylic acids is 2. The smallest absolute Gasteiger partial charge is 0.324 e. The molecule has 2 rings (SSSR count). The molecule has 1 aromatic rings. The zero-order valence-electron chi connectivity index (χ0n) is 9.57. The maximum atomic E-state index is 11.3. The molecule has 0 atom stereocenters. The van der Waals surface area contributed by atoms with Crippen molar-refractivity contribution >= 4 is 23.7 Å². The Hall–Kier alpha value is -1.68. The van der Waals surface area contributed by atoms with Crippen molar-refractivity contribution in [2.75, 3.05) is 25.4 Å². The van der Waals surface area contributed by atoms with Crippen LogP contribution in [0.15, 0.2) is 5.16 Å². The van der Waals surface area contributed by atoms with Gasteiger partial charge in [0.2, 0.25) is 11.1 Å². The highest BCUT2D eigenvalue weighted by Crippen LogP contribution is 2.14. The first kappa shape index (κ1) is 12.8. The van der Waals surface area contributed by atoms with Gasteiger partial charge < -0.3 is 11.1 Å². The fourth-order valence-electron chi connectivity index (χ4n) is 1.47. The van der Waals surface area contributed by atoms with Gasteiger partial charge in [-0.2, -0.15) is 0 Å². The summed E-state index contributed by atoms with van der Waals surface area (Å²) in [6.07, 6.45) is 0. The number of hydrogen-bond donors (Lipinski definition) is 2. The van der Waals surface area contributed by atoms with Crippen LogP contribution in [0.4, 0.5) is 4.79 Å². The Bertz CT molecular complexity index is 432. The minimum absolute atomic E-state index is 0.0778. The van der Waals surface area contributed by atoms with Gasteiger partial charge in [0.1, 0.15) is 0 Å². The number of rotatable bonds is 6. The van der Waals surface area contributed by atoms with E-state index in [1.54, 1.807) is 4.68 Å². The molecule has 0 unspecified atom stereocenters. The zero-order chi connectivity index (χ0) is 13.0. The molecule has 18 heavy (non-hydrogen) atoms. The van der Waals surface area contributed by atoms with Gasteiger partial charge >= 0.3 is 6.03 Å². The minimum Gasteiger partial charge on any atom is -0.329 e. The van der Waals surface area contributed by atoms with Gasteiger partial charge in [-0.3, -0.25) is 9.69 Å². The van der Waals surface area contributed by atoms with E-state index < -0.39 is 0 Å². The van der Waals surface area contributed by atoms with Gasteiger partial charge in [0.25, 0.3) is 0 Å². The standard InChI is InChI=1S/C8H13N7O2S/c9-1-2-15-8(11-12-13-15)18-4-3-14-6(16)5-10-7(14)17/h1-5,9H2,(H,10,17). The second-order valence-electron chi connectivity index (χ2n) is 3.53. The Kier molecular flexibility index (Phi) is 4.10. The third-order valence-corrected chi connectivity index (χ3v) is 3.26. The predicted octanol–water partition coefficient (Wildman–Crippen LogP) is -1.72. The average Bonchev–Trinajstić information content (AvgIpc) is 2.91. The molecule has 1 aromatic heterocycles. The predicted molar refractivity (Wildman–Crippen MR) is 62.7 cm³/mol. The minimum atomic E-state index is -0.345. The molecule has 0 spiro atoms. The molecule has 1 aliphatic heterocycles. The van der Waals surface area contributed by atoms with Crippen LogP contribution < -0.4 is 11.1 Å². The normalized spacial score (nSPS) is 15.3. The van der Waals surface area contributed by atoms with Crippen molar-refractivity contribution in [2.24, 2.45) is 5.73 Å². The zero-order valence-corrected chi connectivity index (χ0v) is 10.4. The van der Waals surface area contributed by atoms with Crippen LogP contribution in [0.2, 0.25) is 0 Å². The summed E-state index contributed by atoms with van der Waals surface area (Å²) in [7, 11) is 0. The van der Waals surface area contributed by atoms with Crippen molar-refractivity contribution in [1.82, 2.24) is 30.4 Å². The Morgan fingerprint density at radius 1 is 1.39 bits per heavy atom. The van der Waals surface area contributed by atoms with Gasteiger partial charge in [-0.15, -0.1) is 5.10 Å². The molecule has 0 radical (unpaired) electrons. The second-order valence-corrected chi connectivity index (χ2v) is 4.59. The molecule has 0 saturated carbocycles. The summed E-state index contributed by atoms with van der Waals surface area (Å²) in [5.41, 5.74) is 5.42. The van der Waals surface area contributed by atoms with Crippen molar-refractivity contribution in [3.05, 3.63) is 0 Å². The van der Waals surface area contributed by atoms with E-state index in [9.17, 15) is 9.59 Å². The van der Waals surface area contributed by atoms with E-state index in [1.165, 1.54) is 16.7 Å². The summed E-state index contributed by atoms with van der Waals surface area (Å²) < 4.78 is 1.59. The first-order valence-corrected chi connectivity index (χ1v) is 6.38. The van der Waals surface area contributed by atoms with Crippen molar-refractivity contribution in [3.8, 4) is 0 Å². The summed E-state index contributed by atoms with van der Waals surface area (Å²) in [6, 6.07) is -0.345. The molecular formula is C8H13N7O2S. The van der Waals surface area contributed by atoms with Crippen LogP contribution in [-0.4, -0.2) is 62.4 Å². The molecule has 3 N–H and O–H groups in total. The average molecular weight is 271 g/mol. The molecule has 1 fully saturated rings. The van der Waals surface area contributed by atoms with Crippen LogP contribution in [0, 0.1) is 0 Å². The lowest BCUT2D eigenvalue weighted by Gasteiger charge is -2.11. The van der Waals surface area contributed by atoms with Gasteiger partial charge in [0.15, 0.2) is 0 Å². The Labute approximate surface area is 107 Å². The van der Waals surface area contributed by atoms with Crippen LogP contribution in [0.1, 0.15) is 0 Å². The Balaban J connectivity index is 1.83. The summed E-state index contributed by atoms with van der Waals surface area (Å²) in [4.78, 5) is 23.8. The third-order valence-electron chi connectivity index (χ3n) is 2.32. The van der Waals surface area contributed by atoms with E-state index in [0.717, 1.165) is 0 Å². The van der Waals surface area contributed by atoms with Crippen LogP contribution in [0.5, 0.6) is 0 Å².